The van der Waals surface area contributed by atoms with Crippen LogP contribution in [0.3, 0.4) is 0 Å². The van der Waals surface area contributed by atoms with E-state index in [0.29, 0.717) is 27.5 Å². The smallest absolute Gasteiger partial charge is 0.272 e. The number of nitrogens with zero attached hydrogens (tertiary/aromatic N) is 1. The highest BCUT2D eigenvalue weighted by Crippen LogP contribution is 2.27. The van der Waals surface area contributed by atoms with E-state index in [2.05, 4.69) is 20.9 Å². The van der Waals surface area contributed by atoms with Gasteiger partial charge in [0.05, 0.1) is 15.8 Å². The van der Waals surface area contributed by atoms with Crippen LogP contribution in [0.1, 0.15) is 15.9 Å². The SMILES string of the molecule is O=C(CSc1cccc(NC(=O)/C(=C\c2cccc(Cl)c2Cl)NC(=O)c2ccccc2)c1)Nc1ccncc1. The van der Waals surface area contributed by atoms with Crippen LogP contribution >= 0.6 is 35.0 Å². The van der Waals surface area contributed by atoms with Crippen molar-refractivity contribution in [2.45, 2.75) is 4.90 Å². The molecular formula is C29H22Cl2N4O3S. The number of aromatic nitrogens is 1. The van der Waals surface area contributed by atoms with Gasteiger partial charge >= 0.3 is 0 Å². The molecule has 0 unspecified atom stereocenters. The summed E-state index contributed by atoms with van der Waals surface area (Å²) in [5.41, 5.74) is 1.97. The van der Waals surface area contributed by atoms with Crippen LogP contribution in [0.4, 0.5) is 11.4 Å². The first-order valence-electron chi connectivity index (χ1n) is 11.7. The van der Waals surface area contributed by atoms with E-state index in [1.807, 2.05) is 6.07 Å². The number of anilines is 2. The summed E-state index contributed by atoms with van der Waals surface area (Å²) in [5.74, 6) is -1.02. The lowest BCUT2D eigenvalue weighted by Crippen LogP contribution is -2.30. The molecular weight excluding hydrogens is 555 g/mol. The number of carbonyl (C=O) groups is 3. The number of rotatable bonds is 9. The van der Waals surface area contributed by atoms with Gasteiger partial charge in [0.1, 0.15) is 5.70 Å². The normalized spacial score (nSPS) is 11.0. The lowest BCUT2D eigenvalue weighted by atomic mass is 10.1. The molecule has 1 aromatic heterocycles. The van der Waals surface area contributed by atoms with E-state index < -0.39 is 11.8 Å². The average Bonchev–Trinajstić information content (AvgIpc) is 2.95. The van der Waals surface area contributed by atoms with E-state index in [0.717, 1.165) is 4.90 Å². The van der Waals surface area contributed by atoms with Gasteiger partial charge in [-0.25, -0.2) is 0 Å². The lowest BCUT2D eigenvalue weighted by Gasteiger charge is -2.13. The molecule has 39 heavy (non-hydrogen) atoms. The van der Waals surface area contributed by atoms with Crippen LogP contribution in [0.25, 0.3) is 6.08 Å². The molecule has 0 saturated carbocycles. The van der Waals surface area contributed by atoms with E-state index in [1.54, 1.807) is 91.3 Å². The van der Waals surface area contributed by atoms with Gasteiger partial charge in [-0.05, 0) is 60.2 Å². The molecule has 0 saturated heterocycles. The standard InChI is InChI=1S/C29H22Cl2N4O3S/c30-24-11-4-8-20(27(24)31)16-25(35-28(37)19-6-2-1-3-7-19)29(38)34-22-9-5-10-23(17-22)39-18-26(36)33-21-12-14-32-15-13-21/h1-17H,18H2,(H,34,38)(H,35,37)(H,32,33,36)/b25-16+. The van der Waals surface area contributed by atoms with Gasteiger partial charge in [-0.2, -0.15) is 0 Å². The highest BCUT2D eigenvalue weighted by atomic mass is 35.5. The maximum absolute atomic E-state index is 13.3. The van der Waals surface area contributed by atoms with Crippen molar-refractivity contribution in [3.8, 4) is 0 Å². The second-order valence-corrected chi connectivity index (χ2v) is 9.91. The monoisotopic (exact) mass is 576 g/mol. The fraction of sp³-hybridized carbons (Fsp3) is 0.0345. The Balaban J connectivity index is 1.49. The Bertz CT molecular complexity index is 1520. The summed E-state index contributed by atoms with van der Waals surface area (Å²) < 4.78 is 0. The number of benzene rings is 3. The molecule has 0 aliphatic rings. The largest absolute Gasteiger partial charge is 0.325 e. The maximum Gasteiger partial charge on any atom is 0.272 e. The van der Waals surface area contributed by atoms with Gasteiger partial charge in [-0.15, -0.1) is 11.8 Å². The number of hydrogen-bond acceptors (Lipinski definition) is 5. The number of hydrogen-bond donors (Lipinski definition) is 3. The molecule has 0 aliphatic carbocycles. The minimum absolute atomic E-state index is 0.0252. The van der Waals surface area contributed by atoms with Crippen molar-refractivity contribution in [1.29, 1.82) is 0 Å². The van der Waals surface area contributed by atoms with Gasteiger partial charge in [-0.3, -0.25) is 19.4 Å². The molecule has 7 nitrogen and oxygen atoms in total. The molecule has 0 aliphatic heterocycles. The zero-order valence-corrected chi connectivity index (χ0v) is 22.7. The Morgan fingerprint density at radius 2 is 1.56 bits per heavy atom. The van der Waals surface area contributed by atoms with Crippen LogP contribution in [0.2, 0.25) is 10.0 Å². The number of carbonyl (C=O) groups excluding carboxylic acids is 3. The predicted molar refractivity (Wildman–Crippen MR) is 157 cm³/mol. The third-order valence-electron chi connectivity index (χ3n) is 5.24. The second-order valence-electron chi connectivity index (χ2n) is 8.08. The third-order valence-corrected chi connectivity index (χ3v) is 7.06. The first-order valence-corrected chi connectivity index (χ1v) is 13.4. The molecule has 1 heterocycles. The first kappa shape index (κ1) is 27.9. The fourth-order valence-electron chi connectivity index (χ4n) is 3.37. The quantitative estimate of drug-likeness (QED) is 0.155. The molecule has 0 atom stereocenters. The molecule has 4 rings (SSSR count). The summed E-state index contributed by atoms with van der Waals surface area (Å²) in [7, 11) is 0. The Morgan fingerprint density at radius 3 is 2.33 bits per heavy atom. The summed E-state index contributed by atoms with van der Waals surface area (Å²) in [5, 5.41) is 8.84. The molecule has 3 N–H and O–H groups in total. The maximum atomic E-state index is 13.3. The molecule has 0 radical (unpaired) electrons. The molecule has 4 aromatic rings. The van der Waals surface area contributed by atoms with Crippen LogP contribution in [-0.2, 0) is 9.59 Å². The Hall–Kier alpha value is -4.11. The Kier molecular flexibility index (Phi) is 9.74. The van der Waals surface area contributed by atoms with E-state index in [4.69, 9.17) is 23.2 Å². The van der Waals surface area contributed by atoms with Crippen LogP contribution in [0.5, 0.6) is 0 Å². The van der Waals surface area contributed by atoms with Crippen LogP contribution in [0.15, 0.2) is 108 Å². The highest BCUT2D eigenvalue weighted by Gasteiger charge is 2.16. The van der Waals surface area contributed by atoms with Gasteiger partial charge in [0.25, 0.3) is 11.8 Å². The average molecular weight is 577 g/mol. The molecule has 196 valence electrons. The van der Waals surface area contributed by atoms with E-state index in [9.17, 15) is 14.4 Å². The number of thioether (sulfide) groups is 1. The van der Waals surface area contributed by atoms with E-state index >= 15 is 0 Å². The van der Waals surface area contributed by atoms with Crippen molar-refractivity contribution >= 4 is 70.1 Å². The van der Waals surface area contributed by atoms with Gasteiger partial charge in [0, 0.05) is 34.2 Å². The summed E-state index contributed by atoms with van der Waals surface area (Å²) >= 11 is 13.8. The van der Waals surface area contributed by atoms with Crippen molar-refractivity contribution < 1.29 is 14.4 Å². The molecule has 3 aromatic carbocycles. The van der Waals surface area contributed by atoms with E-state index in [1.165, 1.54) is 17.8 Å². The number of nitrogens with one attached hydrogen (secondary N) is 3. The minimum atomic E-state index is -0.562. The van der Waals surface area contributed by atoms with Crippen LogP contribution in [0, 0.1) is 0 Å². The van der Waals surface area contributed by atoms with Gasteiger partial charge in [0.15, 0.2) is 0 Å². The highest BCUT2D eigenvalue weighted by molar-refractivity contribution is 8.00. The number of pyridine rings is 1. The predicted octanol–water partition coefficient (Wildman–Crippen LogP) is 6.53. The molecule has 0 spiro atoms. The van der Waals surface area contributed by atoms with Gasteiger partial charge < -0.3 is 16.0 Å². The summed E-state index contributed by atoms with van der Waals surface area (Å²) in [6, 6.07) is 24.0. The first-order chi connectivity index (χ1) is 18.9. The van der Waals surface area contributed by atoms with Crippen molar-refractivity contribution in [3.63, 3.8) is 0 Å². The zero-order valence-electron chi connectivity index (χ0n) is 20.4. The summed E-state index contributed by atoms with van der Waals surface area (Å²) in [6.45, 7) is 0. The summed E-state index contributed by atoms with van der Waals surface area (Å²) in [4.78, 5) is 43.2. The zero-order chi connectivity index (χ0) is 27.6. The Labute approximate surface area is 239 Å². The van der Waals surface area contributed by atoms with E-state index in [-0.39, 0.29) is 22.4 Å². The third kappa shape index (κ3) is 8.19. The van der Waals surface area contributed by atoms with Crippen molar-refractivity contribution in [2.24, 2.45) is 0 Å². The van der Waals surface area contributed by atoms with Crippen molar-refractivity contribution in [3.05, 3.63) is 124 Å². The number of halogens is 2. The molecule has 3 amide bonds. The minimum Gasteiger partial charge on any atom is -0.325 e. The van der Waals surface area contributed by atoms with Crippen LogP contribution in [-0.4, -0.2) is 28.5 Å². The van der Waals surface area contributed by atoms with Crippen molar-refractivity contribution in [2.75, 3.05) is 16.4 Å². The Morgan fingerprint density at radius 1 is 0.821 bits per heavy atom. The molecule has 10 heteroatoms. The van der Waals surface area contributed by atoms with Gasteiger partial charge in [-0.1, -0.05) is 59.6 Å². The topological polar surface area (TPSA) is 100 Å². The second kappa shape index (κ2) is 13.6. The van der Waals surface area contributed by atoms with Crippen LogP contribution < -0.4 is 16.0 Å². The van der Waals surface area contributed by atoms with Gasteiger partial charge in [0.2, 0.25) is 5.91 Å². The van der Waals surface area contributed by atoms with Crippen molar-refractivity contribution in [1.82, 2.24) is 10.3 Å². The fourth-order valence-corrected chi connectivity index (χ4v) is 4.49. The summed E-state index contributed by atoms with van der Waals surface area (Å²) in [6.07, 6.45) is 4.66. The molecule has 0 fully saturated rings. The number of amides is 3. The molecule has 0 bridgehead atoms. The lowest BCUT2D eigenvalue weighted by molar-refractivity contribution is -0.114.